The number of alkyl halides is 3. The van der Waals surface area contributed by atoms with E-state index in [0.717, 1.165) is 17.8 Å². The van der Waals surface area contributed by atoms with Crippen LogP contribution in [-0.2, 0) is 6.18 Å². The van der Waals surface area contributed by atoms with Gasteiger partial charge in [-0.05, 0) is 30.3 Å². The number of imidazole rings is 1. The number of pyridine rings is 1. The molecular formula is C21H14F3N5O. The maximum atomic E-state index is 13.0. The first-order chi connectivity index (χ1) is 14.5. The molecule has 5 aromatic rings. The number of ether oxygens (including phenoxy) is 1. The van der Waals surface area contributed by atoms with Crippen molar-refractivity contribution in [2.75, 3.05) is 5.32 Å². The highest BCUT2D eigenvalue weighted by Crippen LogP contribution is 2.33. The Morgan fingerprint density at radius 1 is 0.967 bits per heavy atom. The number of anilines is 2. The van der Waals surface area contributed by atoms with E-state index in [1.165, 1.54) is 0 Å². The van der Waals surface area contributed by atoms with Crippen LogP contribution in [0.4, 0.5) is 24.8 Å². The molecule has 0 radical (unpaired) electrons. The zero-order chi connectivity index (χ0) is 20.7. The van der Waals surface area contributed by atoms with Crippen molar-refractivity contribution in [1.82, 2.24) is 19.9 Å². The van der Waals surface area contributed by atoms with E-state index in [1.807, 2.05) is 30.3 Å². The van der Waals surface area contributed by atoms with E-state index in [-0.39, 0.29) is 0 Å². The summed E-state index contributed by atoms with van der Waals surface area (Å²) in [5, 5.41) is 3.34. The molecule has 3 aromatic heterocycles. The first-order valence-electron chi connectivity index (χ1n) is 9.00. The third-order valence-corrected chi connectivity index (χ3v) is 4.54. The van der Waals surface area contributed by atoms with Crippen molar-refractivity contribution in [2.24, 2.45) is 0 Å². The van der Waals surface area contributed by atoms with Crippen molar-refractivity contribution in [1.29, 1.82) is 0 Å². The zero-order valence-electron chi connectivity index (χ0n) is 15.3. The van der Waals surface area contributed by atoms with E-state index in [4.69, 9.17) is 4.74 Å². The number of aromatic amines is 2. The summed E-state index contributed by atoms with van der Waals surface area (Å²) in [5.74, 6) is 1.73. The summed E-state index contributed by atoms with van der Waals surface area (Å²) in [4.78, 5) is 14.2. The van der Waals surface area contributed by atoms with Gasteiger partial charge in [-0.3, -0.25) is 0 Å². The summed E-state index contributed by atoms with van der Waals surface area (Å²) >= 11 is 0. The highest BCUT2D eigenvalue weighted by molar-refractivity contribution is 5.92. The van der Waals surface area contributed by atoms with E-state index >= 15 is 0 Å². The lowest BCUT2D eigenvalue weighted by atomic mass is 10.2. The van der Waals surface area contributed by atoms with Crippen molar-refractivity contribution < 1.29 is 17.9 Å². The van der Waals surface area contributed by atoms with Gasteiger partial charge in [-0.25, -0.2) is 9.97 Å². The number of hydrogen-bond acceptors (Lipinski definition) is 4. The van der Waals surface area contributed by atoms with Crippen molar-refractivity contribution in [3.05, 3.63) is 72.6 Å². The smallest absolute Gasteiger partial charge is 0.417 e. The van der Waals surface area contributed by atoms with Crippen LogP contribution < -0.4 is 10.1 Å². The number of nitrogens with one attached hydrogen (secondary N) is 3. The van der Waals surface area contributed by atoms with Crippen LogP contribution in [0.5, 0.6) is 11.5 Å². The van der Waals surface area contributed by atoms with Gasteiger partial charge in [0.05, 0.1) is 22.3 Å². The second-order valence-electron chi connectivity index (χ2n) is 6.62. The predicted molar refractivity (Wildman–Crippen MR) is 107 cm³/mol. The fourth-order valence-electron chi connectivity index (χ4n) is 3.13. The third kappa shape index (κ3) is 3.41. The number of rotatable bonds is 4. The van der Waals surface area contributed by atoms with Crippen molar-refractivity contribution in [3.63, 3.8) is 0 Å². The number of hydrogen-bond donors (Lipinski definition) is 3. The molecule has 0 aliphatic carbocycles. The number of halogens is 3. The molecule has 5 rings (SSSR count). The Bertz CT molecular complexity index is 1340. The normalized spacial score (nSPS) is 11.8. The monoisotopic (exact) mass is 409 g/mol. The Kier molecular flexibility index (Phi) is 4.09. The summed E-state index contributed by atoms with van der Waals surface area (Å²) < 4.78 is 44.9. The minimum Gasteiger partial charge on any atom is -0.457 e. The van der Waals surface area contributed by atoms with Crippen LogP contribution in [0.2, 0.25) is 0 Å². The lowest BCUT2D eigenvalue weighted by Gasteiger charge is -2.06. The molecule has 150 valence electrons. The Morgan fingerprint density at radius 2 is 1.80 bits per heavy atom. The largest absolute Gasteiger partial charge is 0.457 e. The SMILES string of the molecule is FC(F)(F)c1cnc2[nH]cc(Nc3nc4ccc(Oc5ccccc5)cc4[nH]3)c2c1. The molecule has 0 aliphatic heterocycles. The molecule has 0 spiro atoms. The van der Waals surface area contributed by atoms with Crippen LogP contribution in [0.1, 0.15) is 5.56 Å². The fourth-order valence-corrected chi connectivity index (χ4v) is 3.13. The summed E-state index contributed by atoms with van der Waals surface area (Å²) in [6.45, 7) is 0. The Hall–Kier alpha value is -4.01. The summed E-state index contributed by atoms with van der Waals surface area (Å²) in [7, 11) is 0. The highest BCUT2D eigenvalue weighted by atomic mass is 19.4. The fraction of sp³-hybridized carbons (Fsp3) is 0.0476. The van der Waals surface area contributed by atoms with Gasteiger partial charge in [0.1, 0.15) is 17.1 Å². The molecule has 6 nitrogen and oxygen atoms in total. The standard InChI is InChI=1S/C21H14F3N5O/c22-21(23,24)12-8-15-18(11-26-19(15)25-10-12)29-20-27-16-7-6-14(9-17(16)28-20)30-13-4-2-1-3-5-13/h1-11H,(H,25,26)(H2,27,28,29). The van der Waals surface area contributed by atoms with E-state index in [2.05, 4.69) is 25.3 Å². The van der Waals surface area contributed by atoms with Gasteiger partial charge in [0.2, 0.25) is 5.95 Å². The number of benzene rings is 2. The molecule has 0 fully saturated rings. The van der Waals surface area contributed by atoms with E-state index in [9.17, 15) is 13.2 Å². The van der Waals surface area contributed by atoms with Crippen LogP contribution in [0.15, 0.2) is 67.0 Å². The first kappa shape index (κ1) is 18.0. The second-order valence-corrected chi connectivity index (χ2v) is 6.62. The van der Waals surface area contributed by atoms with Crippen molar-refractivity contribution >= 4 is 33.7 Å². The average Bonchev–Trinajstić information content (AvgIpc) is 3.31. The third-order valence-electron chi connectivity index (χ3n) is 4.54. The zero-order valence-corrected chi connectivity index (χ0v) is 15.3. The van der Waals surface area contributed by atoms with Crippen LogP contribution in [0.3, 0.4) is 0 Å². The molecule has 2 aromatic carbocycles. The van der Waals surface area contributed by atoms with Gasteiger partial charge >= 0.3 is 6.18 Å². The molecule has 3 N–H and O–H groups in total. The van der Waals surface area contributed by atoms with Gasteiger partial charge < -0.3 is 20.0 Å². The predicted octanol–water partition coefficient (Wildman–Crippen LogP) is 5.99. The number of nitrogens with zero attached hydrogens (tertiary/aromatic N) is 2. The van der Waals surface area contributed by atoms with E-state index < -0.39 is 11.7 Å². The molecule has 0 saturated carbocycles. The molecule has 0 aliphatic rings. The number of H-pyrrole nitrogens is 2. The first-order valence-corrected chi connectivity index (χ1v) is 9.00. The molecule has 30 heavy (non-hydrogen) atoms. The summed E-state index contributed by atoms with van der Waals surface area (Å²) in [6.07, 6.45) is -2.11. The van der Waals surface area contributed by atoms with E-state index in [0.29, 0.717) is 39.7 Å². The topological polar surface area (TPSA) is 78.6 Å². The number of fused-ring (bicyclic) bond motifs is 2. The van der Waals surface area contributed by atoms with E-state index in [1.54, 1.807) is 24.4 Å². The number of para-hydroxylation sites is 1. The van der Waals surface area contributed by atoms with Crippen LogP contribution in [0, 0.1) is 0 Å². The maximum Gasteiger partial charge on any atom is 0.417 e. The quantitative estimate of drug-likeness (QED) is 0.340. The van der Waals surface area contributed by atoms with Crippen LogP contribution in [0.25, 0.3) is 22.1 Å². The molecule has 0 bridgehead atoms. The Balaban J connectivity index is 1.44. The van der Waals surface area contributed by atoms with Gasteiger partial charge in [-0.1, -0.05) is 18.2 Å². The molecule has 0 unspecified atom stereocenters. The molecule has 3 heterocycles. The minimum atomic E-state index is -4.47. The van der Waals surface area contributed by atoms with Crippen molar-refractivity contribution in [3.8, 4) is 11.5 Å². The highest BCUT2D eigenvalue weighted by Gasteiger charge is 2.31. The van der Waals surface area contributed by atoms with Gasteiger partial charge in [0, 0.05) is 23.8 Å². The van der Waals surface area contributed by atoms with Gasteiger partial charge in [0.25, 0.3) is 0 Å². The summed E-state index contributed by atoms with van der Waals surface area (Å²) in [6, 6.07) is 15.8. The van der Waals surface area contributed by atoms with Crippen molar-refractivity contribution in [2.45, 2.75) is 6.18 Å². The summed E-state index contributed by atoms with van der Waals surface area (Å²) in [5.41, 5.74) is 1.38. The van der Waals surface area contributed by atoms with Gasteiger partial charge in [-0.2, -0.15) is 13.2 Å². The molecule has 0 amide bonds. The Labute approximate surface area is 167 Å². The molecule has 9 heteroatoms. The van der Waals surface area contributed by atoms with Crippen LogP contribution in [-0.4, -0.2) is 19.9 Å². The molecular weight excluding hydrogens is 395 g/mol. The minimum absolute atomic E-state index is 0.318. The second kappa shape index (κ2) is 6.80. The van der Waals surface area contributed by atoms with Crippen LogP contribution >= 0.6 is 0 Å². The lowest BCUT2D eigenvalue weighted by Crippen LogP contribution is -2.05. The molecule has 0 atom stereocenters. The average molecular weight is 409 g/mol. The Morgan fingerprint density at radius 3 is 2.60 bits per heavy atom. The van der Waals surface area contributed by atoms with Gasteiger partial charge in [-0.15, -0.1) is 0 Å². The number of aromatic nitrogens is 4. The lowest BCUT2D eigenvalue weighted by molar-refractivity contribution is -0.137. The van der Waals surface area contributed by atoms with Gasteiger partial charge in [0.15, 0.2) is 0 Å². The maximum absolute atomic E-state index is 13.0. The molecule has 0 saturated heterocycles.